The Bertz CT molecular complexity index is 609. The third-order valence-corrected chi connectivity index (χ3v) is 2.80. The van der Waals surface area contributed by atoms with Crippen LogP contribution in [0.4, 0.5) is 10.8 Å². The molecule has 2 rings (SSSR count). The van der Waals surface area contributed by atoms with Gasteiger partial charge in [-0.05, 0) is 18.2 Å². The molecule has 1 heterocycles. The number of aromatic carboxylic acids is 1. The molecule has 18 heavy (non-hydrogen) atoms. The van der Waals surface area contributed by atoms with Crippen LogP contribution in [0, 0.1) is 0 Å². The van der Waals surface area contributed by atoms with E-state index < -0.39 is 11.9 Å². The molecule has 1 aromatic carbocycles. The number of carbonyl (C=O) groups excluding carboxylic acids is 1. The van der Waals surface area contributed by atoms with Crippen molar-refractivity contribution in [2.45, 2.75) is 0 Å². The molecule has 0 spiro atoms. The zero-order chi connectivity index (χ0) is 13.1. The number of aromatic nitrogens is 1. The first kappa shape index (κ1) is 12.1. The SMILES string of the molecule is Nc1nc(C(=O)Nc2cccc(C(=O)O)c2)cs1. The summed E-state index contributed by atoms with van der Waals surface area (Å²) in [6, 6.07) is 5.96. The second kappa shape index (κ2) is 4.84. The summed E-state index contributed by atoms with van der Waals surface area (Å²) < 4.78 is 0. The second-order valence-electron chi connectivity index (χ2n) is 3.41. The molecule has 1 amide bonds. The molecule has 0 unspecified atom stereocenters. The van der Waals surface area contributed by atoms with E-state index in [1.54, 1.807) is 12.1 Å². The van der Waals surface area contributed by atoms with E-state index in [1.165, 1.54) is 17.5 Å². The summed E-state index contributed by atoms with van der Waals surface area (Å²) in [5, 5.41) is 13.2. The van der Waals surface area contributed by atoms with Crippen molar-refractivity contribution < 1.29 is 14.7 Å². The molecule has 7 heteroatoms. The van der Waals surface area contributed by atoms with E-state index in [0.717, 1.165) is 11.3 Å². The molecule has 4 N–H and O–H groups in total. The summed E-state index contributed by atoms with van der Waals surface area (Å²) in [5.41, 5.74) is 6.13. The molecule has 1 aromatic heterocycles. The Kier molecular flexibility index (Phi) is 3.24. The predicted octanol–water partition coefficient (Wildman–Crippen LogP) is 1.68. The van der Waals surface area contributed by atoms with E-state index in [9.17, 15) is 9.59 Å². The van der Waals surface area contributed by atoms with E-state index in [0.29, 0.717) is 10.8 Å². The third-order valence-electron chi connectivity index (χ3n) is 2.12. The molecule has 0 aliphatic carbocycles. The predicted molar refractivity (Wildman–Crippen MR) is 67.9 cm³/mol. The van der Waals surface area contributed by atoms with Gasteiger partial charge in [-0.3, -0.25) is 4.79 Å². The number of nitrogens with one attached hydrogen (secondary N) is 1. The molecule has 2 aromatic rings. The highest BCUT2D eigenvalue weighted by Gasteiger charge is 2.11. The van der Waals surface area contributed by atoms with Crippen LogP contribution in [-0.4, -0.2) is 22.0 Å². The Morgan fingerprint density at radius 2 is 2.17 bits per heavy atom. The van der Waals surface area contributed by atoms with Gasteiger partial charge < -0.3 is 16.2 Å². The van der Waals surface area contributed by atoms with Gasteiger partial charge in [0.2, 0.25) is 0 Å². The number of thiazole rings is 1. The van der Waals surface area contributed by atoms with Crippen LogP contribution < -0.4 is 11.1 Å². The number of rotatable bonds is 3. The van der Waals surface area contributed by atoms with E-state index in [1.807, 2.05) is 0 Å². The van der Waals surface area contributed by atoms with Crippen LogP contribution >= 0.6 is 11.3 Å². The maximum Gasteiger partial charge on any atom is 0.335 e. The van der Waals surface area contributed by atoms with Crippen molar-refractivity contribution in [3.05, 3.63) is 40.9 Å². The average molecular weight is 263 g/mol. The molecular formula is C11H9N3O3S. The standard InChI is InChI=1S/C11H9N3O3S/c12-11-14-8(5-18-11)9(15)13-7-3-1-2-6(4-7)10(16)17/h1-5H,(H2,12,14)(H,13,15)(H,16,17). The van der Waals surface area contributed by atoms with Gasteiger partial charge in [0, 0.05) is 11.1 Å². The van der Waals surface area contributed by atoms with Crippen molar-refractivity contribution in [3.63, 3.8) is 0 Å². The number of anilines is 2. The van der Waals surface area contributed by atoms with Crippen molar-refractivity contribution in [1.29, 1.82) is 0 Å². The number of hydrogen-bond donors (Lipinski definition) is 3. The molecule has 0 saturated heterocycles. The highest BCUT2D eigenvalue weighted by Crippen LogP contribution is 2.15. The van der Waals surface area contributed by atoms with Crippen molar-refractivity contribution in [2.24, 2.45) is 0 Å². The Morgan fingerprint density at radius 1 is 1.39 bits per heavy atom. The number of nitrogen functional groups attached to an aromatic ring is 1. The van der Waals surface area contributed by atoms with Gasteiger partial charge >= 0.3 is 5.97 Å². The van der Waals surface area contributed by atoms with Crippen LogP contribution in [-0.2, 0) is 0 Å². The molecule has 0 fully saturated rings. The average Bonchev–Trinajstić information content (AvgIpc) is 2.76. The summed E-state index contributed by atoms with van der Waals surface area (Å²) in [6.45, 7) is 0. The first-order valence-corrected chi connectivity index (χ1v) is 5.80. The quantitative estimate of drug-likeness (QED) is 0.781. The minimum atomic E-state index is -1.05. The lowest BCUT2D eigenvalue weighted by Crippen LogP contribution is -2.12. The summed E-state index contributed by atoms with van der Waals surface area (Å²) in [6.07, 6.45) is 0. The highest BCUT2D eigenvalue weighted by molar-refractivity contribution is 7.13. The first-order valence-electron chi connectivity index (χ1n) is 4.92. The summed E-state index contributed by atoms with van der Waals surface area (Å²) in [7, 11) is 0. The summed E-state index contributed by atoms with van der Waals surface area (Å²) in [5.74, 6) is -1.48. The van der Waals surface area contributed by atoms with Crippen molar-refractivity contribution >= 4 is 34.0 Å². The fourth-order valence-electron chi connectivity index (χ4n) is 1.32. The number of nitrogens with two attached hydrogens (primary N) is 1. The Hall–Kier alpha value is -2.41. The lowest BCUT2D eigenvalue weighted by molar-refractivity contribution is 0.0696. The Labute approximate surface area is 106 Å². The van der Waals surface area contributed by atoms with Crippen LogP contribution in [0.1, 0.15) is 20.8 Å². The summed E-state index contributed by atoms with van der Waals surface area (Å²) >= 11 is 1.16. The first-order chi connectivity index (χ1) is 8.56. The molecule has 92 valence electrons. The molecule has 0 radical (unpaired) electrons. The van der Waals surface area contributed by atoms with Crippen LogP contribution in [0.15, 0.2) is 29.6 Å². The fourth-order valence-corrected chi connectivity index (χ4v) is 1.86. The van der Waals surface area contributed by atoms with Crippen molar-refractivity contribution in [2.75, 3.05) is 11.1 Å². The van der Waals surface area contributed by atoms with E-state index in [-0.39, 0.29) is 11.3 Å². The minimum Gasteiger partial charge on any atom is -0.478 e. The minimum absolute atomic E-state index is 0.102. The van der Waals surface area contributed by atoms with Gasteiger partial charge in [-0.1, -0.05) is 6.07 Å². The van der Waals surface area contributed by atoms with Gasteiger partial charge in [-0.15, -0.1) is 11.3 Å². The molecule has 0 saturated carbocycles. The monoisotopic (exact) mass is 263 g/mol. The fraction of sp³-hybridized carbons (Fsp3) is 0. The zero-order valence-electron chi connectivity index (χ0n) is 9.08. The third kappa shape index (κ3) is 2.64. The number of nitrogens with zero attached hydrogens (tertiary/aromatic N) is 1. The van der Waals surface area contributed by atoms with E-state index >= 15 is 0 Å². The van der Waals surface area contributed by atoms with Crippen LogP contribution in [0.5, 0.6) is 0 Å². The van der Waals surface area contributed by atoms with Crippen LogP contribution in [0.2, 0.25) is 0 Å². The van der Waals surface area contributed by atoms with E-state index in [4.69, 9.17) is 10.8 Å². The van der Waals surface area contributed by atoms with Gasteiger partial charge in [0.1, 0.15) is 5.69 Å². The second-order valence-corrected chi connectivity index (χ2v) is 4.30. The van der Waals surface area contributed by atoms with Gasteiger partial charge in [0.15, 0.2) is 5.13 Å². The van der Waals surface area contributed by atoms with E-state index in [2.05, 4.69) is 10.3 Å². The number of carboxylic acid groups (broad SMARTS) is 1. The van der Waals surface area contributed by atoms with Crippen molar-refractivity contribution in [1.82, 2.24) is 4.98 Å². The molecule has 0 aliphatic heterocycles. The van der Waals surface area contributed by atoms with Gasteiger partial charge in [-0.2, -0.15) is 0 Å². The molecule has 0 atom stereocenters. The van der Waals surface area contributed by atoms with Gasteiger partial charge in [0.05, 0.1) is 5.56 Å². The molecule has 0 bridgehead atoms. The van der Waals surface area contributed by atoms with Crippen molar-refractivity contribution in [3.8, 4) is 0 Å². The normalized spacial score (nSPS) is 10.0. The maximum absolute atomic E-state index is 11.7. The number of carboxylic acids is 1. The van der Waals surface area contributed by atoms with Crippen LogP contribution in [0.25, 0.3) is 0 Å². The maximum atomic E-state index is 11.7. The van der Waals surface area contributed by atoms with Gasteiger partial charge in [0.25, 0.3) is 5.91 Å². The highest BCUT2D eigenvalue weighted by atomic mass is 32.1. The lowest BCUT2D eigenvalue weighted by Gasteiger charge is -2.03. The van der Waals surface area contributed by atoms with Gasteiger partial charge in [-0.25, -0.2) is 9.78 Å². The number of benzene rings is 1. The lowest BCUT2D eigenvalue weighted by atomic mass is 10.2. The largest absolute Gasteiger partial charge is 0.478 e. The number of carbonyl (C=O) groups is 2. The summed E-state index contributed by atoms with van der Waals surface area (Å²) in [4.78, 5) is 26.3. The number of hydrogen-bond acceptors (Lipinski definition) is 5. The molecule has 0 aliphatic rings. The topological polar surface area (TPSA) is 105 Å². The Morgan fingerprint density at radius 3 is 2.78 bits per heavy atom. The number of amides is 1. The molecular weight excluding hydrogens is 254 g/mol. The zero-order valence-corrected chi connectivity index (χ0v) is 9.90. The Balaban J connectivity index is 2.16. The molecule has 6 nitrogen and oxygen atoms in total. The smallest absolute Gasteiger partial charge is 0.335 e. The van der Waals surface area contributed by atoms with Crippen LogP contribution in [0.3, 0.4) is 0 Å².